The summed E-state index contributed by atoms with van der Waals surface area (Å²) in [4.78, 5) is 0. The molecular formula is C9H11FO2. The van der Waals surface area contributed by atoms with Gasteiger partial charge in [0.25, 0.3) is 0 Å². The second-order valence-electron chi connectivity index (χ2n) is 2.16. The molecular weight excluding hydrogens is 159 g/mol. The van der Waals surface area contributed by atoms with Gasteiger partial charge in [0.15, 0.2) is 0 Å². The van der Waals surface area contributed by atoms with E-state index in [1.165, 1.54) is 0 Å². The van der Waals surface area contributed by atoms with Crippen LogP contribution in [0.25, 0.3) is 0 Å². The molecule has 1 rings (SSSR count). The van der Waals surface area contributed by atoms with Gasteiger partial charge in [0.1, 0.15) is 11.5 Å². The van der Waals surface area contributed by atoms with E-state index in [0.717, 1.165) is 5.75 Å². The Morgan fingerprint density at radius 1 is 1.08 bits per heavy atom. The van der Waals surface area contributed by atoms with Gasteiger partial charge in [0, 0.05) is 0 Å². The molecule has 12 heavy (non-hydrogen) atoms. The summed E-state index contributed by atoms with van der Waals surface area (Å²) in [5.41, 5.74) is 0. The molecule has 0 fully saturated rings. The van der Waals surface area contributed by atoms with Crippen LogP contribution in [-0.2, 0) is 0 Å². The highest BCUT2D eigenvalue weighted by atomic mass is 19.1. The van der Waals surface area contributed by atoms with Crippen LogP contribution in [0, 0.1) is 0 Å². The molecule has 66 valence electrons. The van der Waals surface area contributed by atoms with Gasteiger partial charge < -0.3 is 9.47 Å². The van der Waals surface area contributed by atoms with Gasteiger partial charge in [-0.25, -0.2) is 4.39 Å². The summed E-state index contributed by atoms with van der Waals surface area (Å²) in [6, 6.07) is 6.83. The lowest BCUT2D eigenvalue weighted by Crippen LogP contribution is -1.92. The highest BCUT2D eigenvalue weighted by Gasteiger charge is 1.93. The highest BCUT2D eigenvalue weighted by Crippen LogP contribution is 2.17. The summed E-state index contributed by atoms with van der Waals surface area (Å²) < 4.78 is 21.5. The molecule has 0 amide bonds. The Bertz CT molecular complexity index is 195. The first-order chi connectivity index (χ1) is 5.86. The number of alkyl halides is 1. The molecule has 2 nitrogen and oxygen atoms in total. The third-order valence-electron chi connectivity index (χ3n) is 1.36. The maximum Gasteiger partial charge on any atom is 0.228 e. The van der Waals surface area contributed by atoms with E-state index < -0.39 is 6.86 Å². The van der Waals surface area contributed by atoms with Crippen molar-refractivity contribution in [2.75, 3.05) is 13.5 Å². The lowest BCUT2D eigenvalue weighted by Gasteiger charge is -2.03. The molecule has 0 spiro atoms. The van der Waals surface area contributed by atoms with Gasteiger partial charge in [-0.15, -0.1) is 0 Å². The van der Waals surface area contributed by atoms with Crippen molar-refractivity contribution in [3.63, 3.8) is 0 Å². The summed E-state index contributed by atoms with van der Waals surface area (Å²) in [6.07, 6.45) is 0. The second-order valence-corrected chi connectivity index (χ2v) is 2.16. The Morgan fingerprint density at radius 2 is 1.58 bits per heavy atom. The second kappa shape index (κ2) is 4.59. The normalized spacial score (nSPS) is 9.50. The van der Waals surface area contributed by atoms with Crippen LogP contribution in [0.1, 0.15) is 6.92 Å². The lowest BCUT2D eigenvalue weighted by atomic mass is 10.3. The monoisotopic (exact) mass is 170 g/mol. The summed E-state index contributed by atoms with van der Waals surface area (Å²) in [5, 5.41) is 0. The fourth-order valence-electron chi connectivity index (χ4n) is 0.862. The predicted molar refractivity (Wildman–Crippen MR) is 44.2 cm³/mol. The molecule has 0 aliphatic rings. The van der Waals surface area contributed by atoms with Crippen LogP contribution in [0.15, 0.2) is 24.3 Å². The van der Waals surface area contributed by atoms with Gasteiger partial charge in [-0.05, 0) is 31.2 Å². The van der Waals surface area contributed by atoms with Crippen LogP contribution >= 0.6 is 0 Å². The molecule has 0 N–H and O–H groups in total. The number of rotatable bonds is 4. The minimum atomic E-state index is -0.798. The van der Waals surface area contributed by atoms with Crippen molar-refractivity contribution >= 4 is 0 Å². The molecule has 0 aliphatic heterocycles. The Labute approximate surface area is 70.9 Å². The first-order valence-corrected chi connectivity index (χ1v) is 3.78. The van der Waals surface area contributed by atoms with E-state index in [1.807, 2.05) is 6.92 Å². The number of ether oxygens (including phenoxy) is 2. The Kier molecular flexibility index (Phi) is 3.38. The van der Waals surface area contributed by atoms with E-state index in [2.05, 4.69) is 4.74 Å². The van der Waals surface area contributed by atoms with Crippen molar-refractivity contribution in [1.82, 2.24) is 0 Å². The third-order valence-corrected chi connectivity index (χ3v) is 1.36. The van der Waals surface area contributed by atoms with Gasteiger partial charge in [-0.1, -0.05) is 0 Å². The molecule has 0 unspecified atom stereocenters. The summed E-state index contributed by atoms with van der Waals surface area (Å²) >= 11 is 0. The molecule has 1 aromatic carbocycles. The van der Waals surface area contributed by atoms with Crippen molar-refractivity contribution < 1.29 is 13.9 Å². The van der Waals surface area contributed by atoms with Crippen LogP contribution in [0.2, 0.25) is 0 Å². The van der Waals surface area contributed by atoms with Gasteiger partial charge in [-0.2, -0.15) is 0 Å². The number of halogens is 1. The zero-order valence-corrected chi connectivity index (χ0v) is 6.92. The van der Waals surface area contributed by atoms with Crippen LogP contribution in [-0.4, -0.2) is 13.5 Å². The van der Waals surface area contributed by atoms with Crippen LogP contribution in [0.5, 0.6) is 11.5 Å². The predicted octanol–water partition coefficient (Wildman–Crippen LogP) is 2.39. The van der Waals surface area contributed by atoms with Crippen molar-refractivity contribution in [3.05, 3.63) is 24.3 Å². The number of hydrogen-bond donors (Lipinski definition) is 0. The number of hydrogen-bond acceptors (Lipinski definition) is 2. The van der Waals surface area contributed by atoms with Crippen molar-refractivity contribution in [3.8, 4) is 11.5 Å². The Hall–Kier alpha value is -1.25. The van der Waals surface area contributed by atoms with E-state index in [0.29, 0.717) is 12.4 Å². The fraction of sp³-hybridized carbons (Fsp3) is 0.333. The maximum absolute atomic E-state index is 11.7. The fourth-order valence-corrected chi connectivity index (χ4v) is 0.862. The van der Waals surface area contributed by atoms with E-state index in [-0.39, 0.29) is 0 Å². The van der Waals surface area contributed by atoms with Gasteiger partial charge in [0.05, 0.1) is 6.61 Å². The smallest absolute Gasteiger partial charge is 0.228 e. The quantitative estimate of drug-likeness (QED) is 0.690. The van der Waals surface area contributed by atoms with Crippen molar-refractivity contribution in [1.29, 1.82) is 0 Å². The van der Waals surface area contributed by atoms with Crippen LogP contribution in [0.3, 0.4) is 0 Å². The van der Waals surface area contributed by atoms with Crippen LogP contribution < -0.4 is 9.47 Å². The molecule has 3 heteroatoms. The standard InChI is InChI=1S/C9H11FO2/c1-2-11-8-3-5-9(6-4-8)12-7-10/h3-6H,2,7H2,1H3. The van der Waals surface area contributed by atoms with E-state index >= 15 is 0 Å². The lowest BCUT2D eigenvalue weighted by molar-refractivity contribution is 0.191. The number of benzene rings is 1. The highest BCUT2D eigenvalue weighted by molar-refractivity contribution is 5.31. The molecule has 1 aromatic rings. The molecule has 0 aromatic heterocycles. The average molecular weight is 170 g/mol. The zero-order chi connectivity index (χ0) is 8.81. The largest absolute Gasteiger partial charge is 0.494 e. The molecule has 0 heterocycles. The van der Waals surface area contributed by atoms with E-state index in [4.69, 9.17) is 4.74 Å². The first kappa shape index (κ1) is 8.84. The van der Waals surface area contributed by atoms with Crippen molar-refractivity contribution in [2.24, 2.45) is 0 Å². The van der Waals surface area contributed by atoms with Crippen molar-refractivity contribution in [2.45, 2.75) is 6.92 Å². The summed E-state index contributed by atoms with van der Waals surface area (Å²) in [5.74, 6) is 1.28. The summed E-state index contributed by atoms with van der Waals surface area (Å²) in [7, 11) is 0. The SMILES string of the molecule is CCOc1ccc(OCF)cc1. The Morgan fingerprint density at radius 3 is 2.00 bits per heavy atom. The molecule has 0 saturated carbocycles. The van der Waals surface area contributed by atoms with E-state index in [9.17, 15) is 4.39 Å². The third kappa shape index (κ3) is 2.42. The van der Waals surface area contributed by atoms with Gasteiger partial charge >= 0.3 is 0 Å². The Balaban J connectivity index is 2.58. The molecule has 0 bridgehead atoms. The van der Waals surface area contributed by atoms with Crippen LogP contribution in [0.4, 0.5) is 4.39 Å². The van der Waals surface area contributed by atoms with E-state index in [1.54, 1.807) is 24.3 Å². The molecule has 0 aliphatic carbocycles. The minimum Gasteiger partial charge on any atom is -0.494 e. The topological polar surface area (TPSA) is 18.5 Å². The van der Waals surface area contributed by atoms with Gasteiger partial charge in [-0.3, -0.25) is 0 Å². The molecule has 0 radical (unpaired) electrons. The summed E-state index contributed by atoms with van der Waals surface area (Å²) in [6.45, 7) is 1.74. The zero-order valence-electron chi connectivity index (χ0n) is 6.92. The minimum absolute atomic E-state index is 0.515. The first-order valence-electron chi connectivity index (χ1n) is 3.78. The molecule has 0 atom stereocenters. The molecule has 0 saturated heterocycles. The average Bonchev–Trinajstić information content (AvgIpc) is 2.09. The maximum atomic E-state index is 11.7. The van der Waals surface area contributed by atoms with Gasteiger partial charge in [0.2, 0.25) is 6.86 Å².